The Morgan fingerprint density at radius 1 is 1.04 bits per heavy atom. The first-order valence-electron chi connectivity index (χ1n) is 9.72. The third-order valence-electron chi connectivity index (χ3n) is 5.00. The topological polar surface area (TPSA) is 19.6 Å². The van der Waals surface area contributed by atoms with Crippen LogP contribution in [-0.2, 0) is 25.9 Å². The Hall–Kier alpha value is -1.58. The highest BCUT2D eigenvalue weighted by Gasteiger charge is 2.20. The normalized spacial score (nSPS) is 14.8. The Morgan fingerprint density at radius 2 is 1.84 bits per heavy atom. The van der Waals surface area contributed by atoms with E-state index in [-0.39, 0.29) is 0 Å². The molecule has 0 N–H and O–H groups in total. The van der Waals surface area contributed by atoms with Gasteiger partial charge in [0.15, 0.2) is 0 Å². The van der Waals surface area contributed by atoms with Crippen molar-refractivity contribution >= 4 is 0 Å². The summed E-state index contributed by atoms with van der Waals surface area (Å²) in [6.07, 6.45) is 7.59. The van der Waals surface area contributed by atoms with Gasteiger partial charge in [-0.2, -0.15) is 0 Å². The predicted octanol–water partition coefficient (Wildman–Crippen LogP) is 4.50. The van der Waals surface area contributed by atoms with Gasteiger partial charge in [-0.15, -0.1) is 0 Å². The van der Waals surface area contributed by atoms with Gasteiger partial charge in [0.1, 0.15) is 11.5 Å². The molecule has 0 amide bonds. The van der Waals surface area contributed by atoms with Crippen LogP contribution in [0.5, 0.6) is 0 Å². The standard InChI is InChI=1S/C22H32N2O/c1-23(2)18-21-16-20-17-24(15-13-22(20)25-21)14-9-4-3-6-10-19-11-7-5-8-12-19/h5,7-8,11-12,16H,3-4,6,9-10,13-15,17-18H2,1-2H3. The molecule has 0 saturated heterocycles. The first-order chi connectivity index (χ1) is 12.2. The molecule has 0 saturated carbocycles. The van der Waals surface area contributed by atoms with Gasteiger partial charge in [0.05, 0.1) is 6.54 Å². The van der Waals surface area contributed by atoms with Crippen molar-refractivity contribution < 1.29 is 4.42 Å². The van der Waals surface area contributed by atoms with Crippen molar-refractivity contribution in [2.75, 3.05) is 27.2 Å². The SMILES string of the molecule is CN(C)Cc1cc2c(o1)CCN(CCCCCCc1ccccc1)C2. The fourth-order valence-electron chi connectivity index (χ4n) is 3.70. The quantitative estimate of drug-likeness (QED) is 0.627. The minimum Gasteiger partial charge on any atom is -0.464 e. The van der Waals surface area contributed by atoms with E-state index in [4.69, 9.17) is 4.42 Å². The minimum absolute atomic E-state index is 0.897. The van der Waals surface area contributed by atoms with E-state index in [1.807, 2.05) is 0 Å². The highest BCUT2D eigenvalue weighted by molar-refractivity contribution is 5.24. The van der Waals surface area contributed by atoms with E-state index in [1.54, 1.807) is 0 Å². The van der Waals surface area contributed by atoms with Gasteiger partial charge in [0.25, 0.3) is 0 Å². The van der Waals surface area contributed by atoms with Crippen LogP contribution in [0.15, 0.2) is 40.8 Å². The zero-order chi connectivity index (χ0) is 17.5. The second-order valence-electron chi connectivity index (χ2n) is 7.57. The second kappa shape index (κ2) is 9.21. The molecule has 0 unspecified atom stereocenters. The van der Waals surface area contributed by atoms with Crippen molar-refractivity contribution in [2.24, 2.45) is 0 Å². The Morgan fingerprint density at radius 3 is 2.64 bits per heavy atom. The largest absolute Gasteiger partial charge is 0.464 e. The maximum absolute atomic E-state index is 6.00. The van der Waals surface area contributed by atoms with E-state index >= 15 is 0 Å². The Balaban J connectivity index is 1.32. The molecule has 0 atom stereocenters. The maximum Gasteiger partial charge on any atom is 0.118 e. The summed E-state index contributed by atoms with van der Waals surface area (Å²) in [5.41, 5.74) is 2.88. The van der Waals surface area contributed by atoms with Crippen molar-refractivity contribution in [2.45, 2.75) is 51.6 Å². The fraction of sp³-hybridized carbons (Fsp3) is 0.545. The molecule has 1 aromatic heterocycles. The molecule has 0 radical (unpaired) electrons. The average molecular weight is 341 g/mol. The number of fused-ring (bicyclic) bond motifs is 1. The van der Waals surface area contributed by atoms with E-state index in [0.717, 1.165) is 31.8 Å². The number of benzene rings is 1. The summed E-state index contributed by atoms with van der Waals surface area (Å²) < 4.78 is 6.00. The highest BCUT2D eigenvalue weighted by atomic mass is 16.3. The van der Waals surface area contributed by atoms with Crippen molar-refractivity contribution in [3.63, 3.8) is 0 Å². The number of aryl methyl sites for hydroxylation is 1. The molecule has 3 nitrogen and oxygen atoms in total. The molecule has 0 fully saturated rings. The van der Waals surface area contributed by atoms with E-state index in [9.17, 15) is 0 Å². The summed E-state index contributed by atoms with van der Waals surface area (Å²) in [7, 11) is 4.18. The number of nitrogens with zero attached hydrogens (tertiary/aromatic N) is 2. The molecule has 2 heterocycles. The summed E-state index contributed by atoms with van der Waals surface area (Å²) in [6, 6.07) is 13.1. The van der Waals surface area contributed by atoms with Gasteiger partial charge in [0.2, 0.25) is 0 Å². The lowest BCUT2D eigenvalue weighted by atomic mass is 10.1. The van der Waals surface area contributed by atoms with Crippen LogP contribution in [0.4, 0.5) is 0 Å². The zero-order valence-electron chi connectivity index (χ0n) is 15.8. The van der Waals surface area contributed by atoms with Crippen LogP contribution in [0, 0.1) is 0 Å². The second-order valence-corrected chi connectivity index (χ2v) is 7.57. The summed E-state index contributed by atoms with van der Waals surface area (Å²) in [6.45, 7) is 4.33. The zero-order valence-corrected chi connectivity index (χ0v) is 15.8. The van der Waals surface area contributed by atoms with Gasteiger partial charge in [-0.25, -0.2) is 0 Å². The van der Waals surface area contributed by atoms with Gasteiger partial charge < -0.3 is 9.32 Å². The van der Waals surface area contributed by atoms with Crippen LogP contribution < -0.4 is 0 Å². The van der Waals surface area contributed by atoms with Crippen molar-refractivity contribution in [3.8, 4) is 0 Å². The number of furan rings is 1. The number of rotatable bonds is 9. The van der Waals surface area contributed by atoms with Crippen LogP contribution in [0.2, 0.25) is 0 Å². The molecular weight excluding hydrogens is 308 g/mol. The van der Waals surface area contributed by atoms with E-state index in [2.05, 4.69) is 60.3 Å². The smallest absolute Gasteiger partial charge is 0.118 e. The highest BCUT2D eigenvalue weighted by Crippen LogP contribution is 2.24. The Kier molecular flexibility index (Phi) is 6.71. The molecule has 0 aliphatic carbocycles. The summed E-state index contributed by atoms with van der Waals surface area (Å²) in [5, 5.41) is 0. The molecule has 1 aromatic carbocycles. The lowest BCUT2D eigenvalue weighted by Gasteiger charge is -2.25. The lowest BCUT2D eigenvalue weighted by molar-refractivity contribution is 0.234. The van der Waals surface area contributed by atoms with E-state index in [0.29, 0.717) is 0 Å². The van der Waals surface area contributed by atoms with Crippen LogP contribution in [0.25, 0.3) is 0 Å². The van der Waals surface area contributed by atoms with Gasteiger partial charge in [-0.05, 0) is 51.5 Å². The molecule has 3 heteroatoms. The summed E-state index contributed by atoms with van der Waals surface area (Å²) in [4.78, 5) is 4.76. The van der Waals surface area contributed by atoms with E-state index in [1.165, 1.54) is 55.5 Å². The first kappa shape index (κ1) is 18.2. The van der Waals surface area contributed by atoms with Crippen molar-refractivity contribution in [1.82, 2.24) is 9.80 Å². The van der Waals surface area contributed by atoms with Gasteiger partial charge in [-0.3, -0.25) is 4.90 Å². The molecule has 3 rings (SSSR count). The molecule has 1 aliphatic rings. The number of hydrogen-bond donors (Lipinski definition) is 0. The molecule has 1 aliphatic heterocycles. The molecule has 25 heavy (non-hydrogen) atoms. The van der Waals surface area contributed by atoms with Crippen LogP contribution in [0.1, 0.15) is 48.3 Å². The van der Waals surface area contributed by atoms with Crippen LogP contribution >= 0.6 is 0 Å². The predicted molar refractivity (Wildman–Crippen MR) is 104 cm³/mol. The van der Waals surface area contributed by atoms with Crippen molar-refractivity contribution in [1.29, 1.82) is 0 Å². The van der Waals surface area contributed by atoms with Gasteiger partial charge >= 0.3 is 0 Å². The van der Waals surface area contributed by atoms with Gasteiger partial charge in [0, 0.05) is 25.1 Å². The molecule has 136 valence electrons. The van der Waals surface area contributed by atoms with Crippen LogP contribution in [-0.4, -0.2) is 37.0 Å². The maximum atomic E-state index is 6.00. The molecular formula is C22H32N2O. The molecule has 0 bridgehead atoms. The average Bonchev–Trinajstić information content (AvgIpc) is 2.99. The third-order valence-corrected chi connectivity index (χ3v) is 5.00. The van der Waals surface area contributed by atoms with Gasteiger partial charge in [-0.1, -0.05) is 43.2 Å². The summed E-state index contributed by atoms with van der Waals surface area (Å²) in [5.74, 6) is 2.33. The summed E-state index contributed by atoms with van der Waals surface area (Å²) >= 11 is 0. The fourth-order valence-corrected chi connectivity index (χ4v) is 3.70. The molecule has 0 spiro atoms. The molecule has 2 aromatic rings. The minimum atomic E-state index is 0.897. The first-order valence-corrected chi connectivity index (χ1v) is 9.72. The Labute approximate surface area is 152 Å². The van der Waals surface area contributed by atoms with Crippen LogP contribution in [0.3, 0.4) is 0 Å². The Bertz CT molecular complexity index is 633. The lowest BCUT2D eigenvalue weighted by Crippen LogP contribution is -2.30. The monoisotopic (exact) mass is 340 g/mol. The number of unbranched alkanes of at least 4 members (excludes halogenated alkanes) is 3. The third kappa shape index (κ3) is 5.72. The van der Waals surface area contributed by atoms with Crippen molar-refractivity contribution in [3.05, 3.63) is 59.0 Å². The number of hydrogen-bond acceptors (Lipinski definition) is 3. The van der Waals surface area contributed by atoms with E-state index < -0.39 is 0 Å².